The van der Waals surface area contributed by atoms with Gasteiger partial charge in [0.1, 0.15) is 16.4 Å². The van der Waals surface area contributed by atoms with Crippen LogP contribution >= 0.6 is 22.6 Å². The number of nitrogens with one attached hydrogen (secondary N) is 2. The number of aromatic amines is 1. The summed E-state index contributed by atoms with van der Waals surface area (Å²) in [5.41, 5.74) is -0.0238. The molecule has 0 saturated carbocycles. The highest BCUT2D eigenvalue weighted by Gasteiger charge is 2.19. The number of halogens is 2. The fourth-order valence-electron chi connectivity index (χ4n) is 1.43. The van der Waals surface area contributed by atoms with Gasteiger partial charge in [0.15, 0.2) is 0 Å². The SMILES string of the molecule is O=C(O)c1cc(S(=O)(=O)Nc2ccc(F)cc2I)c[nH]1. The van der Waals surface area contributed by atoms with Crippen molar-refractivity contribution in [2.24, 2.45) is 0 Å². The number of carboxylic acids is 1. The fraction of sp³-hybridized carbons (Fsp3) is 0. The minimum Gasteiger partial charge on any atom is -0.477 e. The van der Waals surface area contributed by atoms with Crippen molar-refractivity contribution in [1.29, 1.82) is 0 Å². The lowest BCUT2D eigenvalue weighted by Gasteiger charge is -2.08. The first-order valence-corrected chi connectivity index (χ1v) is 7.75. The summed E-state index contributed by atoms with van der Waals surface area (Å²) in [4.78, 5) is 12.8. The molecule has 2 rings (SSSR count). The summed E-state index contributed by atoms with van der Waals surface area (Å²) >= 11 is 1.79. The summed E-state index contributed by atoms with van der Waals surface area (Å²) in [6.07, 6.45) is 1.07. The van der Waals surface area contributed by atoms with Gasteiger partial charge in [-0.1, -0.05) is 0 Å². The zero-order valence-electron chi connectivity index (χ0n) is 9.72. The number of sulfonamides is 1. The van der Waals surface area contributed by atoms with Crippen LogP contribution in [0.5, 0.6) is 0 Å². The Kier molecular flexibility index (Phi) is 3.99. The normalized spacial score (nSPS) is 11.3. The third-order valence-electron chi connectivity index (χ3n) is 2.37. The number of aromatic nitrogens is 1. The zero-order chi connectivity index (χ0) is 14.9. The molecule has 0 aliphatic heterocycles. The Bertz CT molecular complexity index is 772. The highest BCUT2D eigenvalue weighted by atomic mass is 127. The fourth-order valence-corrected chi connectivity index (χ4v) is 3.30. The Morgan fingerprint density at radius 2 is 2.05 bits per heavy atom. The predicted octanol–water partition coefficient (Wildman–Crippen LogP) is 2.26. The number of aromatic carboxylic acids is 1. The van der Waals surface area contributed by atoms with Crippen LogP contribution in [0.25, 0.3) is 0 Å². The van der Waals surface area contributed by atoms with Gasteiger partial charge in [-0.2, -0.15) is 0 Å². The molecule has 0 unspecified atom stereocenters. The maximum Gasteiger partial charge on any atom is 0.352 e. The van der Waals surface area contributed by atoms with E-state index in [0.717, 1.165) is 18.3 Å². The molecule has 9 heteroatoms. The highest BCUT2D eigenvalue weighted by Crippen LogP contribution is 2.23. The lowest BCUT2D eigenvalue weighted by atomic mass is 10.3. The van der Waals surface area contributed by atoms with Crippen LogP contribution in [0, 0.1) is 9.39 Å². The molecule has 3 N–H and O–H groups in total. The number of hydrogen-bond acceptors (Lipinski definition) is 3. The van der Waals surface area contributed by atoms with Crippen molar-refractivity contribution in [3.8, 4) is 0 Å². The molecule has 0 atom stereocenters. The molecule has 1 aromatic heterocycles. The van der Waals surface area contributed by atoms with Gasteiger partial charge in [-0.25, -0.2) is 17.6 Å². The van der Waals surface area contributed by atoms with Gasteiger partial charge in [0.2, 0.25) is 0 Å². The van der Waals surface area contributed by atoms with E-state index in [9.17, 15) is 17.6 Å². The summed E-state index contributed by atoms with van der Waals surface area (Å²) in [6, 6.07) is 4.60. The number of anilines is 1. The molecule has 0 spiro atoms. The summed E-state index contributed by atoms with van der Waals surface area (Å²) in [7, 11) is -3.93. The summed E-state index contributed by atoms with van der Waals surface area (Å²) in [6.45, 7) is 0. The average Bonchev–Trinajstić information content (AvgIpc) is 2.83. The standard InChI is InChI=1S/C11H8FIN2O4S/c12-6-1-2-9(8(13)3-6)15-20(18,19)7-4-10(11(16)17)14-5-7/h1-5,14-15H,(H,16,17). The first-order valence-electron chi connectivity index (χ1n) is 5.19. The van der Waals surface area contributed by atoms with Gasteiger partial charge in [0.05, 0.1) is 5.69 Å². The molecule has 0 saturated heterocycles. The third kappa shape index (κ3) is 3.10. The van der Waals surface area contributed by atoms with Crippen LogP contribution in [0.3, 0.4) is 0 Å². The van der Waals surface area contributed by atoms with Crippen LogP contribution in [0.1, 0.15) is 10.5 Å². The van der Waals surface area contributed by atoms with Crippen LogP contribution in [-0.4, -0.2) is 24.5 Å². The lowest BCUT2D eigenvalue weighted by molar-refractivity contribution is 0.0691. The molecule has 1 aromatic carbocycles. The van der Waals surface area contributed by atoms with Gasteiger partial charge in [-0.15, -0.1) is 0 Å². The van der Waals surface area contributed by atoms with Crippen LogP contribution in [-0.2, 0) is 10.0 Å². The first kappa shape index (κ1) is 14.8. The second-order valence-electron chi connectivity index (χ2n) is 3.78. The van der Waals surface area contributed by atoms with Gasteiger partial charge in [0.25, 0.3) is 10.0 Å². The largest absolute Gasteiger partial charge is 0.477 e. The minimum atomic E-state index is -3.93. The van der Waals surface area contributed by atoms with Crippen LogP contribution < -0.4 is 4.72 Å². The van der Waals surface area contributed by atoms with E-state index in [0.29, 0.717) is 3.57 Å². The first-order chi connectivity index (χ1) is 9.29. The third-order valence-corrected chi connectivity index (χ3v) is 4.61. The van der Waals surface area contributed by atoms with E-state index < -0.39 is 21.8 Å². The van der Waals surface area contributed by atoms with Crippen LogP contribution in [0.4, 0.5) is 10.1 Å². The smallest absolute Gasteiger partial charge is 0.352 e. The lowest BCUT2D eigenvalue weighted by Crippen LogP contribution is -2.13. The number of rotatable bonds is 4. The maximum absolute atomic E-state index is 12.9. The van der Waals surface area contributed by atoms with E-state index in [1.165, 1.54) is 12.1 Å². The predicted molar refractivity (Wildman–Crippen MR) is 77.7 cm³/mol. The van der Waals surface area contributed by atoms with Crippen molar-refractivity contribution in [3.05, 3.63) is 45.5 Å². The number of carboxylic acid groups (broad SMARTS) is 1. The number of carbonyl (C=O) groups is 1. The minimum absolute atomic E-state index is 0.213. The van der Waals surface area contributed by atoms with Gasteiger partial charge in [-0.05, 0) is 46.9 Å². The molecule has 0 aliphatic rings. The van der Waals surface area contributed by atoms with Gasteiger partial charge >= 0.3 is 5.97 Å². The molecule has 6 nitrogen and oxygen atoms in total. The van der Waals surface area contributed by atoms with Crippen molar-refractivity contribution in [3.63, 3.8) is 0 Å². The molecule has 106 valence electrons. The van der Waals surface area contributed by atoms with Crippen LogP contribution in [0.15, 0.2) is 35.4 Å². The van der Waals surface area contributed by atoms with Crippen LogP contribution in [0.2, 0.25) is 0 Å². The monoisotopic (exact) mass is 410 g/mol. The van der Waals surface area contributed by atoms with E-state index in [1.807, 2.05) is 0 Å². The van der Waals surface area contributed by atoms with Gasteiger partial charge in [-0.3, -0.25) is 4.72 Å². The van der Waals surface area contributed by atoms with E-state index in [1.54, 1.807) is 22.6 Å². The van der Waals surface area contributed by atoms with E-state index in [2.05, 4.69) is 9.71 Å². The Balaban J connectivity index is 2.33. The molecule has 20 heavy (non-hydrogen) atoms. The summed E-state index contributed by atoms with van der Waals surface area (Å²) in [5, 5.41) is 8.74. The molecule has 0 radical (unpaired) electrons. The van der Waals surface area contributed by atoms with Crippen molar-refractivity contribution >= 4 is 44.3 Å². The Hall–Kier alpha value is -1.62. The molecule has 2 aromatic rings. The Labute approximate surface area is 127 Å². The highest BCUT2D eigenvalue weighted by molar-refractivity contribution is 14.1. The van der Waals surface area contributed by atoms with Gasteiger partial charge < -0.3 is 10.1 Å². The molecule has 0 aliphatic carbocycles. The Morgan fingerprint density at radius 3 is 2.60 bits per heavy atom. The van der Waals surface area contributed by atoms with Crippen molar-refractivity contribution < 1.29 is 22.7 Å². The maximum atomic E-state index is 12.9. The van der Waals surface area contributed by atoms with Crippen molar-refractivity contribution in [1.82, 2.24) is 4.98 Å². The van der Waals surface area contributed by atoms with E-state index >= 15 is 0 Å². The van der Waals surface area contributed by atoms with Crippen molar-refractivity contribution in [2.45, 2.75) is 4.90 Å². The van der Waals surface area contributed by atoms with Gasteiger partial charge in [0, 0.05) is 9.77 Å². The molecule has 1 heterocycles. The molecule has 0 amide bonds. The molecule has 0 fully saturated rings. The topological polar surface area (TPSA) is 99.3 Å². The van der Waals surface area contributed by atoms with Crippen molar-refractivity contribution in [2.75, 3.05) is 4.72 Å². The zero-order valence-corrected chi connectivity index (χ0v) is 12.7. The second-order valence-corrected chi connectivity index (χ2v) is 6.63. The Morgan fingerprint density at radius 1 is 1.35 bits per heavy atom. The molecular formula is C11H8FIN2O4S. The van der Waals surface area contributed by atoms with E-state index in [-0.39, 0.29) is 16.3 Å². The molecular weight excluding hydrogens is 402 g/mol. The number of hydrogen-bond donors (Lipinski definition) is 3. The summed E-state index contributed by atoms with van der Waals surface area (Å²) < 4.78 is 39.7. The van der Waals surface area contributed by atoms with E-state index in [4.69, 9.17) is 5.11 Å². The second kappa shape index (κ2) is 5.40. The summed E-state index contributed by atoms with van der Waals surface area (Å²) in [5.74, 6) is -1.74. The quantitative estimate of drug-likeness (QED) is 0.674. The molecule has 0 bridgehead atoms. The number of benzene rings is 1. The number of H-pyrrole nitrogens is 1. The average molecular weight is 410 g/mol.